The minimum absolute atomic E-state index is 0.200. The SMILES string of the molecule is Cc1n[nH]c(C)c1C(=O)NCC(C)(C)C(N)=O. The molecule has 2 amide bonds. The van der Waals surface area contributed by atoms with Gasteiger partial charge >= 0.3 is 0 Å². The van der Waals surface area contributed by atoms with E-state index in [1.54, 1.807) is 27.7 Å². The second-order valence-electron chi connectivity index (χ2n) is 4.74. The van der Waals surface area contributed by atoms with Gasteiger partial charge in [-0.1, -0.05) is 0 Å². The second kappa shape index (κ2) is 4.57. The minimum Gasteiger partial charge on any atom is -0.369 e. The van der Waals surface area contributed by atoms with Gasteiger partial charge in [-0.2, -0.15) is 5.10 Å². The Bertz CT molecular complexity index is 429. The van der Waals surface area contributed by atoms with Gasteiger partial charge < -0.3 is 11.1 Å². The zero-order valence-electron chi connectivity index (χ0n) is 10.5. The van der Waals surface area contributed by atoms with Gasteiger partial charge in [0.15, 0.2) is 0 Å². The van der Waals surface area contributed by atoms with Crippen molar-refractivity contribution in [1.82, 2.24) is 15.5 Å². The molecule has 1 aromatic heterocycles. The Kier molecular flexibility index (Phi) is 3.55. The number of nitrogens with two attached hydrogens (primary N) is 1. The number of hydrogen-bond donors (Lipinski definition) is 3. The Morgan fingerprint density at radius 3 is 2.41 bits per heavy atom. The molecular weight excluding hydrogens is 220 g/mol. The molecule has 0 aromatic carbocycles. The third-order valence-electron chi connectivity index (χ3n) is 2.71. The number of hydrogen-bond acceptors (Lipinski definition) is 3. The molecule has 0 saturated carbocycles. The lowest BCUT2D eigenvalue weighted by molar-refractivity contribution is -0.125. The number of aromatic nitrogens is 2. The van der Waals surface area contributed by atoms with Crippen LogP contribution >= 0.6 is 0 Å². The van der Waals surface area contributed by atoms with E-state index in [0.29, 0.717) is 17.0 Å². The molecule has 0 atom stereocenters. The Balaban J connectivity index is 2.72. The maximum Gasteiger partial charge on any atom is 0.255 e. The molecule has 0 aliphatic rings. The molecule has 1 aromatic rings. The smallest absolute Gasteiger partial charge is 0.255 e. The molecule has 0 unspecified atom stereocenters. The van der Waals surface area contributed by atoms with Crippen molar-refractivity contribution in [3.63, 3.8) is 0 Å². The number of H-pyrrole nitrogens is 1. The molecule has 1 heterocycles. The first-order valence-electron chi connectivity index (χ1n) is 5.35. The summed E-state index contributed by atoms with van der Waals surface area (Å²) >= 11 is 0. The van der Waals surface area contributed by atoms with Gasteiger partial charge in [0.25, 0.3) is 5.91 Å². The van der Waals surface area contributed by atoms with Gasteiger partial charge in [0.05, 0.1) is 16.7 Å². The summed E-state index contributed by atoms with van der Waals surface area (Å²) in [6.07, 6.45) is 0. The van der Waals surface area contributed by atoms with Crippen molar-refractivity contribution >= 4 is 11.8 Å². The molecule has 0 bridgehead atoms. The Morgan fingerprint density at radius 2 is 2.00 bits per heavy atom. The zero-order chi connectivity index (χ0) is 13.2. The van der Waals surface area contributed by atoms with Crippen molar-refractivity contribution in [3.8, 4) is 0 Å². The Hall–Kier alpha value is -1.85. The lowest BCUT2D eigenvalue weighted by Gasteiger charge is -2.20. The number of nitrogens with one attached hydrogen (secondary N) is 2. The van der Waals surface area contributed by atoms with Crippen LogP contribution in [0.2, 0.25) is 0 Å². The summed E-state index contributed by atoms with van der Waals surface area (Å²) in [5.41, 5.74) is 6.32. The van der Waals surface area contributed by atoms with Crippen LogP contribution < -0.4 is 11.1 Å². The summed E-state index contributed by atoms with van der Waals surface area (Å²) in [7, 11) is 0. The third kappa shape index (κ3) is 2.83. The number of nitrogens with zero attached hydrogens (tertiary/aromatic N) is 1. The van der Waals surface area contributed by atoms with E-state index in [1.807, 2.05) is 0 Å². The van der Waals surface area contributed by atoms with E-state index in [-0.39, 0.29) is 12.5 Å². The van der Waals surface area contributed by atoms with E-state index in [9.17, 15) is 9.59 Å². The van der Waals surface area contributed by atoms with Gasteiger partial charge in [0.2, 0.25) is 5.91 Å². The average Bonchev–Trinajstić information content (AvgIpc) is 2.55. The number of amides is 2. The molecule has 6 heteroatoms. The first-order valence-corrected chi connectivity index (χ1v) is 5.35. The largest absolute Gasteiger partial charge is 0.369 e. The number of carbonyl (C=O) groups is 2. The van der Waals surface area contributed by atoms with Crippen molar-refractivity contribution in [2.45, 2.75) is 27.7 Å². The first kappa shape index (κ1) is 13.2. The number of carbonyl (C=O) groups excluding carboxylic acids is 2. The highest BCUT2D eigenvalue weighted by atomic mass is 16.2. The standard InChI is InChI=1S/C11H18N4O2/c1-6-8(7(2)15-14-6)9(16)13-5-11(3,4)10(12)17/h5H2,1-4H3,(H2,12,17)(H,13,16)(H,14,15). The van der Waals surface area contributed by atoms with Crippen LogP contribution in [0, 0.1) is 19.3 Å². The lowest BCUT2D eigenvalue weighted by Crippen LogP contribution is -2.42. The Morgan fingerprint density at radius 1 is 1.41 bits per heavy atom. The Labute approximate surface area is 100.0 Å². The molecule has 17 heavy (non-hydrogen) atoms. The van der Waals surface area contributed by atoms with Crippen LogP contribution in [0.25, 0.3) is 0 Å². The molecule has 6 nitrogen and oxygen atoms in total. The fourth-order valence-corrected chi connectivity index (χ4v) is 1.36. The summed E-state index contributed by atoms with van der Waals surface area (Å²) in [6, 6.07) is 0. The van der Waals surface area contributed by atoms with Crippen LogP contribution in [-0.4, -0.2) is 28.6 Å². The van der Waals surface area contributed by atoms with Gasteiger partial charge in [-0.15, -0.1) is 0 Å². The first-order chi connectivity index (χ1) is 7.75. The van der Waals surface area contributed by atoms with E-state index in [4.69, 9.17) is 5.73 Å². The average molecular weight is 238 g/mol. The molecule has 0 aliphatic carbocycles. The number of aromatic amines is 1. The summed E-state index contributed by atoms with van der Waals surface area (Å²) in [6.45, 7) is 7.09. The third-order valence-corrected chi connectivity index (χ3v) is 2.71. The lowest BCUT2D eigenvalue weighted by atomic mass is 9.92. The molecule has 0 aliphatic heterocycles. The normalized spacial score (nSPS) is 11.3. The van der Waals surface area contributed by atoms with Crippen molar-refractivity contribution in [2.75, 3.05) is 6.54 Å². The fraction of sp³-hybridized carbons (Fsp3) is 0.545. The maximum absolute atomic E-state index is 11.9. The van der Waals surface area contributed by atoms with Crippen LogP contribution in [0.5, 0.6) is 0 Å². The second-order valence-corrected chi connectivity index (χ2v) is 4.74. The van der Waals surface area contributed by atoms with E-state index >= 15 is 0 Å². The van der Waals surface area contributed by atoms with Gasteiger partial charge in [0, 0.05) is 12.2 Å². The number of primary amides is 1. The van der Waals surface area contributed by atoms with E-state index in [2.05, 4.69) is 15.5 Å². The zero-order valence-corrected chi connectivity index (χ0v) is 10.5. The van der Waals surface area contributed by atoms with E-state index in [0.717, 1.165) is 0 Å². The van der Waals surface area contributed by atoms with Crippen molar-refractivity contribution in [1.29, 1.82) is 0 Å². The van der Waals surface area contributed by atoms with Gasteiger partial charge in [-0.05, 0) is 27.7 Å². The van der Waals surface area contributed by atoms with Gasteiger partial charge in [-0.3, -0.25) is 14.7 Å². The van der Waals surface area contributed by atoms with Crippen molar-refractivity contribution in [3.05, 3.63) is 17.0 Å². The summed E-state index contributed by atoms with van der Waals surface area (Å²) in [5.74, 6) is -0.693. The van der Waals surface area contributed by atoms with Crippen LogP contribution in [-0.2, 0) is 4.79 Å². The van der Waals surface area contributed by atoms with E-state index < -0.39 is 11.3 Å². The van der Waals surface area contributed by atoms with Crippen molar-refractivity contribution in [2.24, 2.45) is 11.1 Å². The minimum atomic E-state index is -0.763. The molecule has 0 spiro atoms. The van der Waals surface area contributed by atoms with Gasteiger partial charge in [0.1, 0.15) is 0 Å². The maximum atomic E-state index is 11.9. The van der Waals surface area contributed by atoms with Crippen LogP contribution in [0.15, 0.2) is 0 Å². The van der Waals surface area contributed by atoms with Crippen LogP contribution in [0.4, 0.5) is 0 Å². The van der Waals surface area contributed by atoms with Crippen LogP contribution in [0.3, 0.4) is 0 Å². The van der Waals surface area contributed by atoms with Crippen LogP contribution in [0.1, 0.15) is 35.6 Å². The number of rotatable bonds is 4. The summed E-state index contributed by atoms with van der Waals surface area (Å²) in [4.78, 5) is 23.0. The summed E-state index contributed by atoms with van der Waals surface area (Å²) in [5, 5.41) is 9.36. The quantitative estimate of drug-likeness (QED) is 0.701. The highest BCUT2D eigenvalue weighted by Gasteiger charge is 2.26. The molecule has 0 fully saturated rings. The van der Waals surface area contributed by atoms with Crippen molar-refractivity contribution < 1.29 is 9.59 Å². The molecule has 4 N–H and O–H groups in total. The van der Waals surface area contributed by atoms with E-state index in [1.165, 1.54) is 0 Å². The molecule has 0 radical (unpaired) electrons. The molecule has 94 valence electrons. The predicted octanol–water partition coefficient (Wildman–Crippen LogP) is 0.268. The fourth-order valence-electron chi connectivity index (χ4n) is 1.36. The monoisotopic (exact) mass is 238 g/mol. The highest BCUT2D eigenvalue weighted by Crippen LogP contribution is 2.13. The predicted molar refractivity (Wildman–Crippen MR) is 63.4 cm³/mol. The van der Waals surface area contributed by atoms with Gasteiger partial charge in [-0.25, -0.2) is 0 Å². The molecule has 1 rings (SSSR count). The number of aryl methyl sites for hydroxylation is 2. The molecule has 0 saturated heterocycles. The summed E-state index contributed by atoms with van der Waals surface area (Å²) < 4.78 is 0. The molecular formula is C11H18N4O2. The highest BCUT2D eigenvalue weighted by molar-refractivity contribution is 5.96. The topological polar surface area (TPSA) is 101 Å².